The molecule has 3 heterocycles. The average Bonchev–Trinajstić information content (AvgIpc) is 3.45. The monoisotopic (exact) mass is 424 g/mol. The van der Waals surface area contributed by atoms with Crippen LogP contribution < -0.4 is 20.3 Å². The number of aryl methyl sites for hydroxylation is 3. The van der Waals surface area contributed by atoms with Gasteiger partial charge in [0.1, 0.15) is 17.1 Å². The maximum absolute atomic E-state index is 12.5. The predicted octanol–water partition coefficient (Wildman–Crippen LogP) is 1.66. The van der Waals surface area contributed by atoms with E-state index in [9.17, 15) is 9.59 Å². The highest BCUT2D eigenvalue weighted by molar-refractivity contribution is 6.03. The van der Waals surface area contributed by atoms with Crippen molar-refractivity contribution in [3.05, 3.63) is 57.9 Å². The van der Waals surface area contributed by atoms with Gasteiger partial charge >= 0.3 is 0 Å². The summed E-state index contributed by atoms with van der Waals surface area (Å²) in [4.78, 5) is 29.4. The summed E-state index contributed by atoms with van der Waals surface area (Å²) in [6.45, 7) is 2.23. The molecule has 0 aliphatic heterocycles. The van der Waals surface area contributed by atoms with Gasteiger partial charge in [0.05, 0.1) is 25.6 Å². The lowest BCUT2D eigenvalue weighted by Crippen LogP contribution is -2.27. The molecule has 10 heteroatoms. The third-order valence-corrected chi connectivity index (χ3v) is 5.27. The Kier molecular flexibility index (Phi) is 5.45. The molecule has 0 aromatic carbocycles. The molecular weight excluding hydrogens is 400 g/mol. The molecule has 1 aliphatic carbocycles. The second-order valence-corrected chi connectivity index (χ2v) is 7.61. The fourth-order valence-electron chi connectivity index (χ4n) is 3.47. The van der Waals surface area contributed by atoms with Crippen molar-refractivity contribution in [1.29, 1.82) is 0 Å². The van der Waals surface area contributed by atoms with Crippen molar-refractivity contribution in [2.75, 3.05) is 19.0 Å². The number of hydrogen-bond donors (Lipinski definition) is 1. The third kappa shape index (κ3) is 4.42. The first-order valence-corrected chi connectivity index (χ1v) is 9.88. The largest absolute Gasteiger partial charge is 0.495 e. The zero-order valence-electron chi connectivity index (χ0n) is 17.8. The number of ether oxygens (including phenoxy) is 2. The molecule has 2 atom stereocenters. The minimum atomic E-state index is -0.426. The number of nitrogens with zero attached hydrogens (tertiary/aromatic N) is 5. The third-order valence-electron chi connectivity index (χ3n) is 5.27. The van der Waals surface area contributed by atoms with Crippen LogP contribution in [0, 0.1) is 12.8 Å². The van der Waals surface area contributed by atoms with Crippen molar-refractivity contribution in [2.24, 2.45) is 20.0 Å². The molecule has 3 aromatic heterocycles. The average molecular weight is 424 g/mol. The van der Waals surface area contributed by atoms with Gasteiger partial charge in [-0.2, -0.15) is 5.10 Å². The molecule has 0 radical (unpaired) electrons. The zero-order chi connectivity index (χ0) is 22.1. The minimum Gasteiger partial charge on any atom is -0.495 e. The Bertz CT molecular complexity index is 1170. The summed E-state index contributed by atoms with van der Waals surface area (Å²) in [7, 11) is 4.80. The topological polar surface area (TPSA) is 113 Å². The van der Waals surface area contributed by atoms with Gasteiger partial charge < -0.3 is 14.8 Å². The Morgan fingerprint density at radius 3 is 2.68 bits per heavy atom. The van der Waals surface area contributed by atoms with Crippen molar-refractivity contribution >= 4 is 11.6 Å². The SMILES string of the molecule is COc1ccc([C@H]2C[C@@H]2COc2cc(NC(=O)c3cc(C)nn3C)c(=O)n(C)n2)nc1. The highest BCUT2D eigenvalue weighted by Gasteiger charge is 2.40. The molecule has 1 saturated carbocycles. The maximum atomic E-state index is 12.5. The quantitative estimate of drug-likeness (QED) is 0.614. The van der Waals surface area contributed by atoms with Gasteiger partial charge in [0.2, 0.25) is 5.88 Å². The van der Waals surface area contributed by atoms with Gasteiger partial charge in [0.25, 0.3) is 11.5 Å². The highest BCUT2D eigenvalue weighted by Crippen LogP contribution is 2.46. The lowest BCUT2D eigenvalue weighted by Gasteiger charge is -2.10. The molecule has 1 aliphatic rings. The second kappa shape index (κ2) is 8.21. The summed E-state index contributed by atoms with van der Waals surface area (Å²) in [5, 5.41) is 10.9. The summed E-state index contributed by atoms with van der Waals surface area (Å²) in [6.07, 6.45) is 2.67. The van der Waals surface area contributed by atoms with Gasteiger partial charge in [-0.1, -0.05) is 0 Å². The summed E-state index contributed by atoms with van der Waals surface area (Å²) < 4.78 is 13.6. The molecule has 0 bridgehead atoms. The number of methoxy groups -OCH3 is 1. The molecule has 1 N–H and O–H groups in total. The lowest BCUT2D eigenvalue weighted by atomic mass is 10.2. The van der Waals surface area contributed by atoms with Crippen molar-refractivity contribution in [3.63, 3.8) is 0 Å². The zero-order valence-corrected chi connectivity index (χ0v) is 17.8. The molecule has 4 rings (SSSR count). The molecule has 1 fully saturated rings. The van der Waals surface area contributed by atoms with Crippen molar-refractivity contribution < 1.29 is 14.3 Å². The fourth-order valence-corrected chi connectivity index (χ4v) is 3.47. The van der Waals surface area contributed by atoms with E-state index in [4.69, 9.17) is 9.47 Å². The molecule has 0 spiro atoms. The molecule has 162 valence electrons. The Morgan fingerprint density at radius 2 is 2.03 bits per heavy atom. The van der Waals surface area contributed by atoms with Crippen LogP contribution in [0.25, 0.3) is 0 Å². The van der Waals surface area contributed by atoms with Gasteiger partial charge in [0, 0.05) is 37.7 Å². The number of hydrogen-bond acceptors (Lipinski definition) is 7. The normalized spacial score (nSPS) is 17.3. The van der Waals surface area contributed by atoms with Gasteiger partial charge in [-0.3, -0.25) is 19.3 Å². The number of nitrogens with one attached hydrogen (secondary N) is 1. The van der Waals surface area contributed by atoms with Crippen LogP contribution in [0.2, 0.25) is 0 Å². The van der Waals surface area contributed by atoms with E-state index in [2.05, 4.69) is 20.5 Å². The molecule has 31 heavy (non-hydrogen) atoms. The lowest BCUT2D eigenvalue weighted by molar-refractivity contribution is 0.101. The van der Waals surface area contributed by atoms with Crippen LogP contribution >= 0.6 is 0 Å². The minimum absolute atomic E-state index is 0.0977. The van der Waals surface area contributed by atoms with Crippen molar-refractivity contribution in [2.45, 2.75) is 19.3 Å². The summed E-state index contributed by atoms with van der Waals surface area (Å²) in [6, 6.07) is 6.96. The molecule has 0 saturated heterocycles. The van der Waals surface area contributed by atoms with E-state index in [0.717, 1.165) is 22.5 Å². The number of carbonyl (C=O) groups excluding carboxylic acids is 1. The van der Waals surface area contributed by atoms with E-state index in [1.165, 1.54) is 17.8 Å². The van der Waals surface area contributed by atoms with Crippen molar-refractivity contribution in [3.8, 4) is 11.6 Å². The predicted molar refractivity (Wildman–Crippen MR) is 113 cm³/mol. The number of pyridine rings is 1. The number of anilines is 1. The first-order valence-electron chi connectivity index (χ1n) is 9.88. The summed E-state index contributed by atoms with van der Waals surface area (Å²) in [5.41, 5.74) is 1.74. The first kappa shape index (κ1) is 20.6. The molecule has 10 nitrogen and oxygen atoms in total. The van der Waals surface area contributed by atoms with Crippen LogP contribution in [0.1, 0.15) is 34.2 Å². The molecular formula is C21H24N6O4. The maximum Gasteiger partial charge on any atom is 0.290 e. The Labute approximate surface area is 178 Å². The fraction of sp³-hybridized carbons (Fsp3) is 0.381. The van der Waals surface area contributed by atoms with Gasteiger partial charge in [-0.25, -0.2) is 4.68 Å². The van der Waals surface area contributed by atoms with E-state index in [0.29, 0.717) is 29.8 Å². The van der Waals surface area contributed by atoms with Crippen LogP contribution in [0.5, 0.6) is 11.6 Å². The van der Waals surface area contributed by atoms with Gasteiger partial charge in [0.15, 0.2) is 0 Å². The van der Waals surface area contributed by atoms with E-state index in [1.54, 1.807) is 33.3 Å². The number of carbonyl (C=O) groups is 1. The summed E-state index contributed by atoms with van der Waals surface area (Å²) >= 11 is 0. The Morgan fingerprint density at radius 1 is 1.23 bits per heavy atom. The van der Waals surface area contributed by atoms with Crippen LogP contribution in [-0.2, 0) is 14.1 Å². The Balaban J connectivity index is 1.41. The van der Waals surface area contributed by atoms with E-state index in [-0.39, 0.29) is 11.6 Å². The summed E-state index contributed by atoms with van der Waals surface area (Å²) in [5.74, 6) is 1.21. The van der Waals surface area contributed by atoms with Gasteiger partial charge in [-0.05, 0) is 31.5 Å². The number of aromatic nitrogens is 5. The molecule has 3 aromatic rings. The van der Waals surface area contributed by atoms with Crippen LogP contribution in [0.3, 0.4) is 0 Å². The van der Waals surface area contributed by atoms with Gasteiger partial charge in [-0.15, -0.1) is 5.10 Å². The molecule has 1 amide bonds. The number of amides is 1. The molecule has 0 unspecified atom stereocenters. The Hall–Kier alpha value is -3.69. The number of rotatable bonds is 7. The smallest absolute Gasteiger partial charge is 0.290 e. The van der Waals surface area contributed by atoms with Crippen LogP contribution in [-0.4, -0.2) is 44.2 Å². The van der Waals surface area contributed by atoms with Crippen molar-refractivity contribution in [1.82, 2.24) is 24.5 Å². The second-order valence-electron chi connectivity index (χ2n) is 7.61. The van der Waals surface area contributed by atoms with E-state index >= 15 is 0 Å². The van der Waals surface area contributed by atoms with Crippen LogP contribution in [0.4, 0.5) is 5.69 Å². The highest BCUT2D eigenvalue weighted by atomic mass is 16.5. The van der Waals surface area contributed by atoms with E-state index in [1.807, 2.05) is 12.1 Å². The van der Waals surface area contributed by atoms with Crippen LogP contribution in [0.15, 0.2) is 35.3 Å². The standard InChI is InChI=1S/C21H24N6O4/c1-12-7-18(26(2)24-12)20(28)23-17-9-19(25-27(3)21(17)29)31-11-13-8-15(13)16-6-5-14(30-4)10-22-16/h5-7,9-10,13,15H,8,11H2,1-4H3,(H,23,28)/t13-,15+/m1/s1. The van der Waals surface area contributed by atoms with E-state index < -0.39 is 11.5 Å². The first-order chi connectivity index (χ1) is 14.9.